The molecule has 0 spiro atoms. The normalized spacial score (nSPS) is 10.6. The van der Waals surface area contributed by atoms with Crippen LogP contribution in [0.5, 0.6) is 0 Å². The topological polar surface area (TPSA) is 151 Å². The number of nitrogens with one attached hydrogen (secondary N) is 1. The Morgan fingerprint density at radius 1 is 1.46 bits per heavy atom. The second kappa shape index (κ2) is 6.66. The van der Waals surface area contributed by atoms with E-state index in [9.17, 15) is 19.7 Å². The average Bonchev–Trinajstić information content (AvgIpc) is 3.03. The Kier molecular flexibility index (Phi) is 4.83. The van der Waals surface area contributed by atoms with E-state index in [1.54, 1.807) is 6.92 Å². The Balaban J connectivity index is 2.20. The largest absolute Gasteiger partial charge is 0.408 e. The summed E-state index contributed by atoms with van der Waals surface area (Å²) in [6.07, 6.45) is 1.46. The molecule has 3 N–H and O–H groups in total. The number of nitrogens with two attached hydrogens (primary N) is 1. The van der Waals surface area contributed by atoms with Crippen LogP contribution in [-0.2, 0) is 17.9 Å². The van der Waals surface area contributed by atoms with Crippen LogP contribution >= 0.6 is 11.6 Å². The van der Waals surface area contributed by atoms with E-state index in [1.165, 1.54) is 17.8 Å². The molecule has 0 radical (unpaired) electrons. The highest BCUT2D eigenvalue weighted by molar-refractivity contribution is 6.33. The highest BCUT2D eigenvalue weighted by Gasteiger charge is 2.25. The second-order valence-corrected chi connectivity index (χ2v) is 5.18. The Bertz CT molecular complexity index is 826. The molecule has 0 atom stereocenters. The fraction of sp³-hybridized carbons (Fsp3) is 0.333. The summed E-state index contributed by atoms with van der Waals surface area (Å²) in [6, 6.07) is 0. The van der Waals surface area contributed by atoms with E-state index >= 15 is 0 Å². The Morgan fingerprint density at radius 3 is 2.62 bits per heavy atom. The molecule has 0 aliphatic heterocycles. The number of aryl methyl sites for hydroxylation is 1. The summed E-state index contributed by atoms with van der Waals surface area (Å²) in [4.78, 5) is 33.5. The van der Waals surface area contributed by atoms with Gasteiger partial charge >= 0.3 is 5.82 Å². The summed E-state index contributed by atoms with van der Waals surface area (Å²) < 4.78 is 2.54. The van der Waals surface area contributed by atoms with Crippen LogP contribution in [0.2, 0.25) is 5.02 Å². The monoisotopic (exact) mass is 355 g/mol. The van der Waals surface area contributed by atoms with Crippen molar-refractivity contribution in [1.82, 2.24) is 19.6 Å². The van der Waals surface area contributed by atoms with E-state index in [4.69, 9.17) is 17.3 Å². The summed E-state index contributed by atoms with van der Waals surface area (Å²) in [7, 11) is 0. The van der Waals surface area contributed by atoms with Crippen molar-refractivity contribution in [3.63, 3.8) is 0 Å². The van der Waals surface area contributed by atoms with E-state index in [2.05, 4.69) is 15.5 Å². The van der Waals surface area contributed by atoms with Gasteiger partial charge in [0.25, 0.3) is 5.91 Å². The zero-order chi connectivity index (χ0) is 18.0. The third-order valence-corrected chi connectivity index (χ3v) is 3.62. The maximum atomic E-state index is 12.1. The van der Waals surface area contributed by atoms with Crippen molar-refractivity contribution in [3.8, 4) is 0 Å². The van der Waals surface area contributed by atoms with Crippen LogP contribution in [0.15, 0.2) is 6.20 Å². The van der Waals surface area contributed by atoms with Gasteiger partial charge in [-0.3, -0.25) is 14.3 Å². The van der Waals surface area contributed by atoms with Crippen LogP contribution in [0.3, 0.4) is 0 Å². The average molecular weight is 356 g/mol. The van der Waals surface area contributed by atoms with Crippen molar-refractivity contribution in [3.05, 3.63) is 32.7 Å². The molecule has 24 heavy (non-hydrogen) atoms. The Morgan fingerprint density at radius 2 is 2.12 bits per heavy atom. The number of anilines is 1. The standard InChI is InChI=1S/C12H14ClN7O4/c1-3-18-4-7(10(16-18)11(14)22)15-8(21)5-19-6(2)9(13)12(17-19)20(23)24/h4H,3,5H2,1-2H3,(H2,14,22)(H,15,21). The molecule has 0 bridgehead atoms. The van der Waals surface area contributed by atoms with Crippen molar-refractivity contribution < 1.29 is 14.5 Å². The molecule has 0 fully saturated rings. The number of aromatic nitrogens is 4. The van der Waals surface area contributed by atoms with Crippen LogP contribution in [0.4, 0.5) is 11.5 Å². The number of hydrogen-bond donors (Lipinski definition) is 2. The minimum atomic E-state index is -0.786. The SMILES string of the molecule is CCn1cc(NC(=O)Cn2nc([N+](=O)[O-])c(Cl)c2C)c(C(N)=O)n1. The Labute approximate surface area is 140 Å². The van der Waals surface area contributed by atoms with Crippen molar-refractivity contribution in [2.75, 3.05) is 5.32 Å². The van der Waals surface area contributed by atoms with Gasteiger partial charge in [-0.1, -0.05) is 11.6 Å². The molecule has 0 aliphatic carbocycles. The predicted octanol–water partition coefficient (Wildman–Crippen LogP) is 0.707. The van der Waals surface area contributed by atoms with E-state index in [-0.39, 0.29) is 28.6 Å². The quantitative estimate of drug-likeness (QED) is 0.575. The molecule has 12 heteroatoms. The zero-order valence-corrected chi connectivity index (χ0v) is 13.6. The maximum absolute atomic E-state index is 12.1. The third kappa shape index (κ3) is 3.35. The lowest BCUT2D eigenvalue weighted by molar-refractivity contribution is -0.389. The van der Waals surface area contributed by atoms with Crippen LogP contribution in [0, 0.1) is 17.0 Å². The van der Waals surface area contributed by atoms with Gasteiger partial charge in [0.2, 0.25) is 5.91 Å². The van der Waals surface area contributed by atoms with Crippen LogP contribution in [0.25, 0.3) is 0 Å². The van der Waals surface area contributed by atoms with Crippen molar-refractivity contribution in [2.24, 2.45) is 5.73 Å². The molecular formula is C12H14ClN7O4. The molecule has 2 amide bonds. The minimum absolute atomic E-state index is 0.0774. The van der Waals surface area contributed by atoms with Gasteiger partial charge in [-0.15, -0.1) is 0 Å². The summed E-state index contributed by atoms with van der Waals surface area (Å²) in [5, 5.41) is 20.8. The molecule has 0 unspecified atom stereocenters. The van der Waals surface area contributed by atoms with Gasteiger partial charge < -0.3 is 21.2 Å². The van der Waals surface area contributed by atoms with Gasteiger partial charge in [0.1, 0.15) is 6.54 Å². The molecule has 2 heterocycles. The number of primary amides is 1. The number of amides is 2. The van der Waals surface area contributed by atoms with Gasteiger partial charge in [-0.2, -0.15) is 9.78 Å². The fourth-order valence-electron chi connectivity index (χ4n) is 1.96. The van der Waals surface area contributed by atoms with E-state index in [0.717, 1.165) is 4.68 Å². The molecule has 0 aromatic carbocycles. The predicted molar refractivity (Wildman–Crippen MR) is 83.7 cm³/mol. The minimum Gasteiger partial charge on any atom is -0.364 e. The molecule has 128 valence electrons. The first-order valence-electron chi connectivity index (χ1n) is 6.79. The van der Waals surface area contributed by atoms with Gasteiger partial charge in [0, 0.05) is 12.7 Å². The molecule has 2 rings (SSSR count). The number of nitrogens with zero attached hydrogens (tertiary/aromatic N) is 5. The van der Waals surface area contributed by atoms with Crippen molar-refractivity contribution in [1.29, 1.82) is 0 Å². The lowest BCUT2D eigenvalue weighted by atomic mass is 10.3. The van der Waals surface area contributed by atoms with Crippen molar-refractivity contribution >= 4 is 34.9 Å². The third-order valence-electron chi connectivity index (χ3n) is 3.18. The van der Waals surface area contributed by atoms with Gasteiger partial charge in [-0.25, -0.2) is 0 Å². The lowest BCUT2D eigenvalue weighted by Gasteiger charge is -2.03. The number of hydrogen-bond acceptors (Lipinski definition) is 6. The number of nitro groups is 1. The van der Waals surface area contributed by atoms with Gasteiger partial charge in [0.15, 0.2) is 10.7 Å². The van der Waals surface area contributed by atoms with Crippen LogP contribution in [0.1, 0.15) is 23.1 Å². The van der Waals surface area contributed by atoms with Crippen LogP contribution < -0.4 is 11.1 Å². The Hall–Kier alpha value is -2.95. The van der Waals surface area contributed by atoms with Gasteiger partial charge in [-0.05, 0) is 18.8 Å². The van der Waals surface area contributed by atoms with Crippen molar-refractivity contribution in [2.45, 2.75) is 26.9 Å². The van der Waals surface area contributed by atoms with Crippen LogP contribution in [-0.4, -0.2) is 36.3 Å². The van der Waals surface area contributed by atoms with Gasteiger partial charge in [0.05, 0.1) is 16.5 Å². The zero-order valence-electron chi connectivity index (χ0n) is 12.8. The highest BCUT2D eigenvalue weighted by Crippen LogP contribution is 2.26. The highest BCUT2D eigenvalue weighted by atomic mass is 35.5. The summed E-state index contributed by atoms with van der Waals surface area (Å²) in [5.41, 5.74) is 5.57. The van der Waals surface area contributed by atoms with E-state index < -0.39 is 22.6 Å². The second-order valence-electron chi connectivity index (χ2n) is 4.80. The first-order valence-corrected chi connectivity index (χ1v) is 7.16. The lowest BCUT2D eigenvalue weighted by Crippen LogP contribution is -2.22. The molecule has 0 aliphatic rings. The number of halogens is 1. The smallest absolute Gasteiger partial charge is 0.364 e. The number of rotatable bonds is 6. The summed E-state index contributed by atoms with van der Waals surface area (Å²) in [5.74, 6) is -1.88. The molecule has 0 saturated heterocycles. The number of carbonyl (C=O) groups excluding carboxylic acids is 2. The first-order chi connectivity index (χ1) is 11.2. The molecule has 11 nitrogen and oxygen atoms in total. The molecule has 2 aromatic rings. The molecular weight excluding hydrogens is 342 g/mol. The summed E-state index contributed by atoms with van der Waals surface area (Å²) >= 11 is 5.81. The number of carbonyl (C=O) groups is 2. The fourth-order valence-corrected chi connectivity index (χ4v) is 2.17. The summed E-state index contributed by atoms with van der Waals surface area (Å²) in [6.45, 7) is 3.46. The van der Waals surface area contributed by atoms with E-state index in [0.29, 0.717) is 6.54 Å². The molecule has 0 saturated carbocycles. The first kappa shape index (κ1) is 17.4. The molecule has 2 aromatic heterocycles. The van der Waals surface area contributed by atoms with E-state index in [1.807, 2.05) is 0 Å². The maximum Gasteiger partial charge on any atom is 0.408 e.